The monoisotopic (exact) mass is 198 g/mol. The van der Waals surface area contributed by atoms with Gasteiger partial charge in [-0.1, -0.05) is 23.2 Å². The third-order valence-corrected chi connectivity index (χ3v) is 4.81. The minimum Gasteiger partial charge on any atom is -0.119 e. The third kappa shape index (κ3) is 0.821. The summed E-state index contributed by atoms with van der Waals surface area (Å²) in [7, 11) is 0. The minimum absolute atomic E-state index is 0.00502. The van der Waals surface area contributed by atoms with Gasteiger partial charge in [0, 0.05) is 0 Å². The van der Waals surface area contributed by atoms with E-state index in [-0.39, 0.29) is 5.38 Å². The molecule has 0 spiro atoms. The highest BCUT2D eigenvalue weighted by molar-refractivity contribution is 6.53. The van der Waals surface area contributed by atoms with Crippen LogP contribution in [0.15, 0.2) is 0 Å². The lowest BCUT2D eigenvalue weighted by atomic mass is 9.99. The Hall–Kier alpha value is 0.870. The lowest BCUT2D eigenvalue weighted by Gasteiger charge is -2.29. The molecule has 0 aromatic heterocycles. The molecule has 58 valence electrons. The average molecular weight is 200 g/mol. The fraction of sp³-hybridized carbons (Fsp3) is 1.00. The van der Waals surface area contributed by atoms with E-state index in [4.69, 9.17) is 34.8 Å². The van der Waals surface area contributed by atoms with Crippen LogP contribution >= 0.6 is 34.8 Å². The predicted octanol–water partition coefficient (Wildman–Crippen LogP) is 3.20. The van der Waals surface area contributed by atoms with Crippen LogP contribution in [0.3, 0.4) is 0 Å². The first-order valence-corrected chi connectivity index (χ1v) is 4.83. The summed E-state index contributed by atoms with van der Waals surface area (Å²) in [5.74, 6) is 1.05. The van der Waals surface area contributed by atoms with Crippen LogP contribution in [0, 0.1) is 11.8 Å². The molecule has 2 fully saturated rings. The van der Waals surface area contributed by atoms with Gasteiger partial charge < -0.3 is 0 Å². The summed E-state index contributed by atoms with van der Waals surface area (Å²) in [4.78, 5) is 0. The van der Waals surface area contributed by atoms with Gasteiger partial charge in [0.25, 0.3) is 0 Å². The Kier molecular flexibility index (Phi) is 1.64. The molecule has 0 aliphatic heterocycles. The van der Waals surface area contributed by atoms with E-state index in [0.717, 1.165) is 6.42 Å². The van der Waals surface area contributed by atoms with Crippen molar-refractivity contribution in [3.05, 3.63) is 0 Å². The third-order valence-electron chi connectivity index (χ3n) is 2.80. The molecule has 2 saturated carbocycles. The highest BCUT2D eigenvalue weighted by Crippen LogP contribution is 2.58. The van der Waals surface area contributed by atoms with Gasteiger partial charge in [-0.2, -0.15) is 0 Å². The summed E-state index contributed by atoms with van der Waals surface area (Å²) in [6.45, 7) is 0. The van der Waals surface area contributed by atoms with Crippen LogP contribution in [0.1, 0.15) is 19.3 Å². The van der Waals surface area contributed by atoms with Crippen molar-refractivity contribution in [3.8, 4) is 0 Å². The molecule has 0 radical (unpaired) electrons. The number of alkyl halides is 3. The van der Waals surface area contributed by atoms with E-state index in [1.807, 2.05) is 0 Å². The molecule has 3 atom stereocenters. The lowest BCUT2D eigenvalue weighted by Crippen LogP contribution is -2.32. The molecule has 3 unspecified atom stereocenters. The van der Waals surface area contributed by atoms with E-state index in [9.17, 15) is 0 Å². The first-order chi connectivity index (χ1) is 4.62. The zero-order valence-corrected chi connectivity index (χ0v) is 7.76. The van der Waals surface area contributed by atoms with Crippen molar-refractivity contribution < 1.29 is 0 Å². The van der Waals surface area contributed by atoms with Gasteiger partial charge in [0.05, 0.1) is 5.38 Å². The number of halogens is 3. The van der Waals surface area contributed by atoms with Crippen molar-refractivity contribution in [2.45, 2.75) is 29.0 Å². The van der Waals surface area contributed by atoms with Gasteiger partial charge in [-0.25, -0.2) is 0 Å². The Morgan fingerprint density at radius 1 is 1.20 bits per heavy atom. The van der Waals surface area contributed by atoms with E-state index in [0.29, 0.717) is 11.8 Å². The summed E-state index contributed by atoms with van der Waals surface area (Å²) < 4.78 is -0.621. The normalized spacial score (nSPS) is 50.1. The van der Waals surface area contributed by atoms with Crippen LogP contribution in [0.25, 0.3) is 0 Å². The van der Waals surface area contributed by atoms with Crippen molar-refractivity contribution in [3.63, 3.8) is 0 Å². The van der Waals surface area contributed by atoms with Crippen LogP contribution in [0.5, 0.6) is 0 Å². The summed E-state index contributed by atoms with van der Waals surface area (Å²) in [6.07, 6.45) is 3.53. The molecule has 0 amide bonds. The molecule has 2 aliphatic carbocycles. The summed E-state index contributed by atoms with van der Waals surface area (Å²) >= 11 is 18.1. The van der Waals surface area contributed by atoms with Crippen LogP contribution < -0.4 is 0 Å². The summed E-state index contributed by atoms with van der Waals surface area (Å²) in [5.41, 5.74) is 0. The van der Waals surface area contributed by atoms with E-state index in [1.54, 1.807) is 0 Å². The van der Waals surface area contributed by atoms with Gasteiger partial charge in [0.15, 0.2) is 0 Å². The molecule has 0 aromatic carbocycles. The second kappa shape index (κ2) is 2.18. The van der Waals surface area contributed by atoms with Crippen molar-refractivity contribution in [1.29, 1.82) is 0 Å². The molecule has 0 aromatic rings. The maximum atomic E-state index is 6.05. The van der Waals surface area contributed by atoms with Crippen molar-refractivity contribution in [2.75, 3.05) is 0 Å². The molecule has 0 N–H and O–H groups in total. The SMILES string of the molecule is ClC1C2CCC(C2)C1(Cl)Cl. The first kappa shape index (κ1) is 7.52. The van der Waals surface area contributed by atoms with Gasteiger partial charge in [0.1, 0.15) is 4.33 Å². The van der Waals surface area contributed by atoms with Gasteiger partial charge >= 0.3 is 0 Å². The second-order valence-corrected chi connectivity index (χ2v) is 5.26. The predicted molar refractivity (Wildman–Crippen MR) is 44.9 cm³/mol. The highest BCUT2D eigenvalue weighted by Gasteiger charge is 2.55. The molecule has 2 aliphatic rings. The molecular formula is C7H9Cl3. The minimum atomic E-state index is -0.621. The zero-order chi connectivity index (χ0) is 7.35. The molecule has 2 bridgehead atoms. The highest BCUT2D eigenvalue weighted by atomic mass is 35.5. The maximum absolute atomic E-state index is 6.05. The lowest BCUT2D eigenvalue weighted by molar-refractivity contribution is 0.462. The van der Waals surface area contributed by atoms with Crippen LogP contribution in [0.4, 0.5) is 0 Å². The van der Waals surface area contributed by atoms with Gasteiger partial charge in [-0.15, -0.1) is 11.6 Å². The zero-order valence-electron chi connectivity index (χ0n) is 5.49. The van der Waals surface area contributed by atoms with Crippen LogP contribution in [-0.2, 0) is 0 Å². The molecular weight excluding hydrogens is 190 g/mol. The molecule has 10 heavy (non-hydrogen) atoms. The Bertz CT molecular complexity index is 151. The van der Waals surface area contributed by atoms with Crippen LogP contribution in [-0.4, -0.2) is 9.71 Å². The summed E-state index contributed by atoms with van der Waals surface area (Å²) in [6, 6.07) is 0. The van der Waals surface area contributed by atoms with Gasteiger partial charge in [0.2, 0.25) is 0 Å². The fourth-order valence-electron chi connectivity index (χ4n) is 2.17. The number of fused-ring (bicyclic) bond motifs is 2. The first-order valence-electron chi connectivity index (χ1n) is 3.64. The molecule has 0 heterocycles. The van der Waals surface area contributed by atoms with E-state index < -0.39 is 4.33 Å². The topological polar surface area (TPSA) is 0 Å². The van der Waals surface area contributed by atoms with E-state index >= 15 is 0 Å². The molecule has 0 nitrogen and oxygen atoms in total. The largest absolute Gasteiger partial charge is 0.137 e. The quantitative estimate of drug-likeness (QED) is 0.526. The van der Waals surface area contributed by atoms with Crippen molar-refractivity contribution in [2.24, 2.45) is 11.8 Å². The Labute approximate surface area is 75.8 Å². The van der Waals surface area contributed by atoms with Crippen LogP contribution in [0.2, 0.25) is 0 Å². The second-order valence-electron chi connectivity index (χ2n) is 3.35. The van der Waals surface area contributed by atoms with Gasteiger partial charge in [-0.05, 0) is 31.1 Å². The Morgan fingerprint density at radius 3 is 2.20 bits per heavy atom. The molecule has 3 heteroatoms. The Balaban J connectivity index is 2.25. The van der Waals surface area contributed by atoms with Gasteiger partial charge in [-0.3, -0.25) is 0 Å². The number of hydrogen-bond donors (Lipinski definition) is 0. The number of rotatable bonds is 0. The smallest absolute Gasteiger partial charge is 0.119 e. The van der Waals surface area contributed by atoms with E-state index in [1.165, 1.54) is 12.8 Å². The standard InChI is InChI=1S/C7H9Cl3/c8-6-4-1-2-5(3-4)7(6,9)10/h4-6H,1-3H2. The maximum Gasteiger partial charge on any atom is 0.137 e. The summed E-state index contributed by atoms with van der Waals surface area (Å²) in [5, 5.41) is -0.00502. The molecule has 0 saturated heterocycles. The van der Waals surface area contributed by atoms with Crippen molar-refractivity contribution >= 4 is 34.8 Å². The fourth-order valence-corrected chi connectivity index (χ4v) is 3.33. The average Bonchev–Trinajstić information content (AvgIpc) is 2.37. The Morgan fingerprint density at radius 2 is 1.90 bits per heavy atom. The molecule has 2 rings (SSSR count). The van der Waals surface area contributed by atoms with E-state index in [2.05, 4.69) is 0 Å². The van der Waals surface area contributed by atoms with Crippen molar-refractivity contribution in [1.82, 2.24) is 0 Å². The number of hydrogen-bond acceptors (Lipinski definition) is 0.